The van der Waals surface area contributed by atoms with E-state index in [4.69, 9.17) is 10.5 Å². The lowest BCUT2D eigenvalue weighted by atomic mass is 10.0. The van der Waals surface area contributed by atoms with Crippen molar-refractivity contribution in [2.24, 2.45) is 0 Å². The first-order valence-electron chi connectivity index (χ1n) is 8.44. The zero-order chi connectivity index (χ0) is 17.6. The highest BCUT2D eigenvalue weighted by molar-refractivity contribution is 5.74. The Morgan fingerprint density at radius 3 is 2.28 bits per heavy atom. The molecule has 3 rings (SSSR count). The first kappa shape index (κ1) is 16.8. The monoisotopic (exact) mass is 329 g/mol. The zero-order valence-electron chi connectivity index (χ0n) is 14.7. The highest BCUT2D eigenvalue weighted by Gasteiger charge is 2.08. The molecule has 126 valence electrons. The fourth-order valence-corrected chi connectivity index (χ4v) is 2.69. The summed E-state index contributed by atoms with van der Waals surface area (Å²) in [4.78, 5) is 0. The van der Waals surface area contributed by atoms with Crippen LogP contribution >= 0.6 is 0 Å². The van der Waals surface area contributed by atoms with Gasteiger partial charge in [0.25, 0.3) is 0 Å². The van der Waals surface area contributed by atoms with Crippen LogP contribution in [0.4, 0.5) is 5.69 Å². The van der Waals surface area contributed by atoms with Crippen LogP contribution in [0.3, 0.4) is 0 Å². The summed E-state index contributed by atoms with van der Waals surface area (Å²) in [6, 6.07) is 22.5. The molecular formula is C23H23NO. The van der Waals surface area contributed by atoms with Gasteiger partial charge < -0.3 is 10.5 Å². The summed E-state index contributed by atoms with van der Waals surface area (Å²) in [5.41, 5.74) is 12.5. The molecule has 0 heterocycles. The van der Waals surface area contributed by atoms with Gasteiger partial charge in [0.15, 0.2) is 0 Å². The second-order valence-corrected chi connectivity index (χ2v) is 6.22. The van der Waals surface area contributed by atoms with Crippen LogP contribution in [0.1, 0.15) is 27.8 Å². The Morgan fingerprint density at radius 2 is 1.56 bits per heavy atom. The van der Waals surface area contributed by atoms with Crippen molar-refractivity contribution in [1.82, 2.24) is 0 Å². The number of aryl methyl sites for hydroxylation is 1. The first-order chi connectivity index (χ1) is 12.1. The minimum Gasteiger partial charge on any atom is -0.486 e. The summed E-state index contributed by atoms with van der Waals surface area (Å²) in [5.74, 6) is 0.759. The number of anilines is 1. The van der Waals surface area contributed by atoms with Crippen molar-refractivity contribution in [2.45, 2.75) is 20.5 Å². The van der Waals surface area contributed by atoms with Gasteiger partial charge in [0.1, 0.15) is 12.4 Å². The van der Waals surface area contributed by atoms with Crippen LogP contribution in [0.25, 0.3) is 12.2 Å². The molecule has 3 aromatic carbocycles. The molecule has 3 aromatic rings. The van der Waals surface area contributed by atoms with Crippen molar-refractivity contribution in [3.05, 3.63) is 94.5 Å². The number of rotatable bonds is 5. The normalized spacial score (nSPS) is 11.0. The molecule has 0 bridgehead atoms. The van der Waals surface area contributed by atoms with Crippen LogP contribution in [0, 0.1) is 13.8 Å². The average Bonchev–Trinajstić information content (AvgIpc) is 2.63. The third-order valence-corrected chi connectivity index (χ3v) is 4.24. The smallest absolute Gasteiger partial charge is 0.146 e. The van der Waals surface area contributed by atoms with E-state index in [1.807, 2.05) is 49.4 Å². The molecule has 25 heavy (non-hydrogen) atoms. The van der Waals surface area contributed by atoms with Crippen LogP contribution in [0.5, 0.6) is 5.75 Å². The van der Waals surface area contributed by atoms with E-state index in [9.17, 15) is 0 Å². The fraction of sp³-hybridized carbons (Fsp3) is 0.130. The maximum atomic E-state index is 6.13. The topological polar surface area (TPSA) is 35.2 Å². The Kier molecular flexibility index (Phi) is 5.20. The molecule has 0 amide bonds. The Hall–Kier alpha value is -3.00. The average molecular weight is 329 g/mol. The van der Waals surface area contributed by atoms with E-state index in [2.05, 4.69) is 43.3 Å². The van der Waals surface area contributed by atoms with E-state index in [1.165, 1.54) is 11.1 Å². The Morgan fingerprint density at radius 1 is 0.840 bits per heavy atom. The number of ether oxygens (including phenoxy) is 1. The van der Waals surface area contributed by atoms with Gasteiger partial charge in [-0.1, -0.05) is 78.4 Å². The molecule has 0 aliphatic heterocycles. The molecule has 0 aliphatic carbocycles. The van der Waals surface area contributed by atoms with Crippen LogP contribution in [-0.4, -0.2) is 0 Å². The van der Waals surface area contributed by atoms with Gasteiger partial charge >= 0.3 is 0 Å². The van der Waals surface area contributed by atoms with Crippen LogP contribution in [0.2, 0.25) is 0 Å². The van der Waals surface area contributed by atoms with E-state index in [0.717, 1.165) is 22.4 Å². The molecular weight excluding hydrogens is 306 g/mol. The Balaban J connectivity index is 1.80. The van der Waals surface area contributed by atoms with Gasteiger partial charge in [-0.15, -0.1) is 0 Å². The predicted octanol–water partition coefficient (Wildman–Crippen LogP) is 5.64. The van der Waals surface area contributed by atoms with Crippen LogP contribution in [0.15, 0.2) is 66.7 Å². The van der Waals surface area contributed by atoms with E-state index < -0.39 is 0 Å². The molecule has 0 saturated carbocycles. The molecule has 0 saturated heterocycles. The third-order valence-electron chi connectivity index (χ3n) is 4.24. The number of nitrogens with two attached hydrogens (primary N) is 1. The highest BCUT2D eigenvalue weighted by Crippen LogP contribution is 2.30. The minimum absolute atomic E-state index is 0.511. The fourth-order valence-electron chi connectivity index (χ4n) is 2.69. The van der Waals surface area contributed by atoms with Gasteiger partial charge in [0, 0.05) is 5.56 Å². The third kappa shape index (κ3) is 4.30. The van der Waals surface area contributed by atoms with Crippen molar-refractivity contribution < 1.29 is 4.74 Å². The van der Waals surface area contributed by atoms with Crippen molar-refractivity contribution in [1.29, 1.82) is 0 Å². The number of benzene rings is 3. The van der Waals surface area contributed by atoms with Gasteiger partial charge in [0.05, 0.1) is 5.69 Å². The van der Waals surface area contributed by atoms with Gasteiger partial charge in [0.2, 0.25) is 0 Å². The van der Waals surface area contributed by atoms with Crippen LogP contribution < -0.4 is 10.5 Å². The van der Waals surface area contributed by atoms with E-state index in [1.54, 1.807) is 0 Å². The number of nitrogen functional groups attached to an aromatic ring is 1. The molecule has 2 heteroatoms. The van der Waals surface area contributed by atoms with Gasteiger partial charge in [-0.05, 0) is 36.6 Å². The second-order valence-electron chi connectivity index (χ2n) is 6.22. The minimum atomic E-state index is 0.511. The molecule has 0 fully saturated rings. The molecule has 2 nitrogen and oxygen atoms in total. The summed E-state index contributed by atoms with van der Waals surface area (Å²) in [6.07, 6.45) is 4.22. The maximum Gasteiger partial charge on any atom is 0.146 e. The highest BCUT2D eigenvalue weighted by atomic mass is 16.5. The largest absolute Gasteiger partial charge is 0.486 e. The standard InChI is InChI=1S/C23H23NO/c1-17-8-10-19(11-9-17)12-13-21-14-15-22(24)23(18(21)2)25-16-20-6-4-3-5-7-20/h3-15H,16,24H2,1-2H3/b13-12-. The van der Waals surface area contributed by atoms with Crippen molar-refractivity contribution in [3.8, 4) is 5.75 Å². The summed E-state index contributed by atoms with van der Waals surface area (Å²) in [7, 11) is 0. The molecule has 0 aromatic heterocycles. The zero-order valence-corrected chi connectivity index (χ0v) is 14.7. The first-order valence-corrected chi connectivity index (χ1v) is 8.44. The number of hydrogen-bond acceptors (Lipinski definition) is 2. The Labute approximate surface area is 149 Å². The quantitative estimate of drug-likeness (QED) is 0.486. The molecule has 2 N–H and O–H groups in total. The summed E-state index contributed by atoms with van der Waals surface area (Å²) in [6.45, 7) is 4.65. The SMILES string of the molecule is Cc1ccc(/C=C\c2ccc(N)c(OCc3ccccc3)c2C)cc1. The van der Waals surface area contributed by atoms with Crippen molar-refractivity contribution in [3.63, 3.8) is 0 Å². The van der Waals surface area contributed by atoms with E-state index >= 15 is 0 Å². The second kappa shape index (κ2) is 7.71. The number of hydrogen-bond donors (Lipinski definition) is 1. The lowest BCUT2D eigenvalue weighted by Gasteiger charge is -2.14. The van der Waals surface area contributed by atoms with Gasteiger partial charge in [-0.3, -0.25) is 0 Å². The predicted molar refractivity (Wildman–Crippen MR) is 106 cm³/mol. The Bertz CT molecular complexity index is 865. The van der Waals surface area contributed by atoms with Gasteiger partial charge in [-0.25, -0.2) is 0 Å². The van der Waals surface area contributed by atoms with Crippen molar-refractivity contribution >= 4 is 17.8 Å². The molecule has 0 radical (unpaired) electrons. The molecule has 0 spiro atoms. The lowest BCUT2D eigenvalue weighted by Crippen LogP contribution is -2.01. The molecule has 0 unspecified atom stereocenters. The van der Waals surface area contributed by atoms with Crippen molar-refractivity contribution in [2.75, 3.05) is 5.73 Å². The van der Waals surface area contributed by atoms with Gasteiger partial charge in [-0.2, -0.15) is 0 Å². The molecule has 0 atom stereocenters. The van der Waals surface area contributed by atoms with Crippen LogP contribution in [-0.2, 0) is 6.61 Å². The molecule has 0 aliphatic rings. The summed E-state index contributed by atoms with van der Waals surface area (Å²) < 4.78 is 6.00. The summed E-state index contributed by atoms with van der Waals surface area (Å²) >= 11 is 0. The maximum absolute atomic E-state index is 6.13. The van der Waals surface area contributed by atoms with E-state index in [-0.39, 0.29) is 0 Å². The van der Waals surface area contributed by atoms with E-state index in [0.29, 0.717) is 12.3 Å². The summed E-state index contributed by atoms with van der Waals surface area (Å²) in [5, 5.41) is 0. The lowest BCUT2D eigenvalue weighted by molar-refractivity contribution is 0.306.